The van der Waals surface area contributed by atoms with Crippen molar-refractivity contribution < 1.29 is 9.90 Å². The van der Waals surface area contributed by atoms with Crippen molar-refractivity contribution in [2.45, 2.75) is 13.8 Å². The van der Waals surface area contributed by atoms with Gasteiger partial charge in [0.05, 0.1) is 11.3 Å². The van der Waals surface area contributed by atoms with E-state index in [0.717, 1.165) is 22.3 Å². The first-order valence-corrected chi connectivity index (χ1v) is 6.17. The number of hydrogen-bond acceptors (Lipinski definition) is 2. The molecule has 0 fully saturated rings. The zero-order valence-electron chi connectivity index (χ0n) is 10.0. The third-order valence-corrected chi connectivity index (χ3v) is 2.87. The Bertz CT molecular complexity index is 443. The highest BCUT2D eigenvalue weighted by Gasteiger charge is 2.15. The molecule has 0 unspecified atom stereocenters. The Hall–Kier alpha value is -1.29. The largest absolute Gasteiger partial charge is 0.478 e. The molecule has 0 radical (unpaired) electrons. The Morgan fingerprint density at radius 1 is 1.53 bits per heavy atom. The first-order chi connectivity index (χ1) is 7.95. The molecule has 0 amide bonds. The Balaban J connectivity index is 3.20. The van der Waals surface area contributed by atoms with Crippen molar-refractivity contribution in [2.24, 2.45) is 0 Å². The normalized spacial score (nSPS) is 10.1. The van der Waals surface area contributed by atoms with Gasteiger partial charge in [0.25, 0.3) is 0 Å². The molecule has 0 atom stereocenters. The Morgan fingerprint density at radius 2 is 2.18 bits per heavy atom. The van der Waals surface area contributed by atoms with Gasteiger partial charge in [0.2, 0.25) is 0 Å². The Labute approximate surface area is 110 Å². The van der Waals surface area contributed by atoms with Gasteiger partial charge in [-0.2, -0.15) is 0 Å². The standard InChI is InChI=1S/C13H16BrNO2/c1-4-15(8-9(2)3)12-7-10(14)5-6-11(12)13(16)17/h5-7H,2,4,8H2,1,3H3,(H,16,17). The van der Waals surface area contributed by atoms with Gasteiger partial charge in [0.15, 0.2) is 0 Å². The monoisotopic (exact) mass is 297 g/mol. The summed E-state index contributed by atoms with van der Waals surface area (Å²) in [6.07, 6.45) is 0. The highest BCUT2D eigenvalue weighted by Crippen LogP contribution is 2.25. The zero-order chi connectivity index (χ0) is 13.0. The van der Waals surface area contributed by atoms with Crippen molar-refractivity contribution in [1.29, 1.82) is 0 Å². The van der Waals surface area contributed by atoms with Crippen LogP contribution in [-0.2, 0) is 0 Å². The van der Waals surface area contributed by atoms with Gasteiger partial charge in [-0.05, 0) is 32.0 Å². The summed E-state index contributed by atoms with van der Waals surface area (Å²) in [5.41, 5.74) is 2.04. The van der Waals surface area contributed by atoms with Crippen molar-refractivity contribution in [2.75, 3.05) is 18.0 Å². The summed E-state index contributed by atoms with van der Waals surface area (Å²) in [5, 5.41) is 9.17. The predicted octanol–water partition coefficient (Wildman–Crippen LogP) is 3.55. The van der Waals surface area contributed by atoms with Gasteiger partial charge in [-0.1, -0.05) is 28.1 Å². The quantitative estimate of drug-likeness (QED) is 0.845. The molecular weight excluding hydrogens is 282 g/mol. The molecule has 0 spiro atoms. The number of carboxylic acid groups (broad SMARTS) is 1. The van der Waals surface area contributed by atoms with E-state index in [1.165, 1.54) is 0 Å². The van der Waals surface area contributed by atoms with Crippen LogP contribution in [0.25, 0.3) is 0 Å². The van der Waals surface area contributed by atoms with Gasteiger partial charge in [-0.15, -0.1) is 0 Å². The highest BCUT2D eigenvalue weighted by atomic mass is 79.9. The van der Waals surface area contributed by atoms with Crippen LogP contribution in [0.2, 0.25) is 0 Å². The van der Waals surface area contributed by atoms with Crippen LogP contribution in [0, 0.1) is 0 Å². The third-order valence-electron chi connectivity index (χ3n) is 2.37. The van der Waals surface area contributed by atoms with E-state index in [1.54, 1.807) is 12.1 Å². The molecule has 0 aliphatic heterocycles. The summed E-state index contributed by atoms with van der Waals surface area (Å²) in [7, 11) is 0. The van der Waals surface area contributed by atoms with Crippen molar-refractivity contribution in [3.63, 3.8) is 0 Å². The highest BCUT2D eigenvalue weighted by molar-refractivity contribution is 9.10. The average molecular weight is 298 g/mol. The molecule has 0 aliphatic rings. The number of aromatic carboxylic acids is 1. The van der Waals surface area contributed by atoms with Crippen molar-refractivity contribution >= 4 is 27.6 Å². The van der Waals surface area contributed by atoms with Crippen molar-refractivity contribution in [3.8, 4) is 0 Å². The smallest absolute Gasteiger partial charge is 0.337 e. The lowest BCUT2D eigenvalue weighted by Gasteiger charge is -2.25. The van der Waals surface area contributed by atoms with Crippen molar-refractivity contribution in [3.05, 3.63) is 40.4 Å². The van der Waals surface area contributed by atoms with Gasteiger partial charge in [-0.25, -0.2) is 4.79 Å². The number of anilines is 1. The number of halogens is 1. The van der Waals surface area contributed by atoms with Crippen LogP contribution in [-0.4, -0.2) is 24.2 Å². The van der Waals surface area contributed by atoms with E-state index in [4.69, 9.17) is 0 Å². The Kier molecular flexibility index (Phi) is 4.75. The van der Waals surface area contributed by atoms with Gasteiger partial charge < -0.3 is 10.0 Å². The molecule has 3 nitrogen and oxygen atoms in total. The molecule has 1 aromatic rings. The predicted molar refractivity (Wildman–Crippen MR) is 73.8 cm³/mol. The van der Waals surface area contributed by atoms with Gasteiger partial charge in [0, 0.05) is 17.6 Å². The fraction of sp³-hybridized carbons (Fsp3) is 0.308. The molecule has 17 heavy (non-hydrogen) atoms. The van der Waals surface area contributed by atoms with E-state index in [-0.39, 0.29) is 0 Å². The number of carboxylic acids is 1. The molecule has 0 saturated heterocycles. The third kappa shape index (κ3) is 3.60. The van der Waals surface area contributed by atoms with Crippen LogP contribution in [0.5, 0.6) is 0 Å². The maximum atomic E-state index is 11.2. The van der Waals surface area contributed by atoms with E-state index >= 15 is 0 Å². The number of likely N-dealkylation sites (N-methyl/N-ethyl adjacent to an activating group) is 1. The Morgan fingerprint density at radius 3 is 2.65 bits per heavy atom. The van der Waals surface area contributed by atoms with Gasteiger partial charge in [0.1, 0.15) is 0 Å². The molecule has 0 bridgehead atoms. The van der Waals surface area contributed by atoms with Crippen LogP contribution >= 0.6 is 15.9 Å². The lowest BCUT2D eigenvalue weighted by molar-refractivity contribution is 0.0697. The second kappa shape index (κ2) is 5.87. The summed E-state index contributed by atoms with van der Waals surface area (Å²) in [4.78, 5) is 13.2. The number of nitrogens with zero attached hydrogens (tertiary/aromatic N) is 1. The first kappa shape index (κ1) is 13.8. The lowest BCUT2D eigenvalue weighted by atomic mass is 10.1. The minimum Gasteiger partial charge on any atom is -0.478 e. The van der Waals surface area contributed by atoms with E-state index in [9.17, 15) is 9.90 Å². The van der Waals surface area contributed by atoms with E-state index < -0.39 is 5.97 Å². The molecule has 1 N–H and O–H groups in total. The number of hydrogen-bond donors (Lipinski definition) is 1. The molecule has 1 rings (SSSR count). The summed E-state index contributed by atoms with van der Waals surface area (Å²) in [5.74, 6) is -0.910. The summed E-state index contributed by atoms with van der Waals surface area (Å²) in [6.45, 7) is 9.19. The molecule has 0 aromatic heterocycles. The number of benzene rings is 1. The maximum Gasteiger partial charge on any atom is 0.337 e. The zero-order valence-corrected chi connectivity index (χ0v) is 11.6. The summed E-state index contributed by atoms with van der Waals surface area (Å²) < 4.78 is 0.873. The molecular formula is C13H16BrNO2. The molecule has 0 heterocycles. The second-order valence-corrected chi connectivity index (χ2v) is 4.85. The lowest BCUT2D eigenvalue weighted by Crippen LogP contribution is -2.26. The van der Waals surface area contributed by atoms with E-state index in [2.05, 4.69) is 22.5 Å². The van der Waals surface area contributed by atoms with Crippen LogP contribution in [0.3, 0.4) is 0 Å². The van der Waals surface area contributed by atoms with Crippen LogP contribution in [0.4, 0.5) is 5.69 Å². The fourth-order valence-corrected chi connectivity index (χ4v) is 1.99. The fourth-order valence-electron chi connectivity index (χ4n) is 1.64. The average Bonchev–Trinajstić information content (AvgIpc) is 2.25. The topological polar surface area (TPSA) is 40.5 Å². The minimum absolute atomic E-state index is 0.316. The minimum atomic E-state index is -0.910. The van der Waals surface area contributed by atoms with E-state index in [1.807, 2.05) is 24.8 Å². The number of carbonyl (C=O) groups is 1. The molecule has 0 aliphatic carbocycles. The van der Waals surface area contributed by atoms with Gasteiger partial charge >= 0.3 is 5.97 Å². The second-order valence-electron chi connectivity index (χ2n) is 3.94. The molecule has 1 aromatic carbocycles. The van der Waals surface area contributed by atoms with Crippen molar-refractivity contribution in [1.82, 2.24) is 0 Å². The van der Waals surface area contributed by atoms with Crippen LogP contribution < -0.4 is 4.90 Å². The summed E-state index contributed by atoms with van der Waals surface area (Å²) >= 11 is 3.37. The van der Waals surface area contributed by atoms with Crippen LogP contribution in [0.15, 0.2) is 34.8 Å². The summed E-state index contributed by atoms with van der Waals surface area (Å²) in [6, 6.07) is 5.18. The molecule has 0 saturated carbocycles. The molecule has 4 heteroatoms. The maximum absolute atomic E-state index is 11.2. The van der Waals surface area contributed by atoms with Gasteiger partial charge in [-0.3, -0.25) is 0 Å². The first-order valence-electron chi connectivity index (χ1n) is 5.38. The van der Waals surface area contributed by atoms with E-state index in [0.29, 0.717) is 12.1 Å². The SMILES string of the molecule is C=C(C)CN(CC)c1cc(Br)ccc1C(=O)O. The molecule has 92 valence electrons. The van der Waals surface area contributed by atoms with Crippen LogP contribution in [0.1, 0.15) is 24.2 Å². The number of rotatable bonds is 5.